The quantitative estimate of drug-likeness (QED) is 0.222. The minimum absolute atomic E-state index is 0.0902. The maximum Gasteiger partial charge on any atom is 0.295 e. The van der Waals surface area contributed by atoms with Crippen LogP contribution in [0.15, 0.2) is 90.5 Å². The molecule has 0 spiro atoms. The number of carbonyl (C=O) groups excluding carboxylic acids is 2. The number of nitro groups is 1. The lowest BCUT2D eigenvalue weighted by Gasteiger charge is -2.25. The predicted octanol–water partition coefficient (Wildman–Crippen LogP) is 4.22. The van der Waals surface area contributed by atoms with E-state index in [1.54, 1.807) is 36.4 Å². The fourth-order valence-corrected chi connectivity index (χ4v) is 3.73. The first-order valence-electron chi connectivity index (χ1n) is 9.59. The summed E-state index contributed by atoms with van der Waals surface area (Å²) in [6, 6.07) is 22.4. The summed E-state index contributed by atoms with van der Waals surface area (Å²) in [7, 11) is 0. The summed E-state index contributed by atoms with van der Waals surface area (Å²) in [4.78, 5) is 38.0. The van der Waals surface area contributed by atoms with E-state index < -0.39 is 22.7 Å². The SMILES string of the molecule is O=C1C(=O)N(Cc2ccccc2)[C@H](c2cccc([N+](=O)[O-])c2)C1=C(O)c1ccccc1. The average Bonchev–Trinajstić information content (AvgIpc) is 3.05. The van der Waals surface area contributed by atoms with Crippen molar-refractivity contribution in [2.45, 2.75) is 12.6 Å². The molecule has 1 amide bonds. The van der Waals surface area contributed by atoms with E-state index in [4.69, 9.17) is 0 Å². The van der Waals surface area contributed by atoms with E-state index in [1.807, 2.05) is 30.3 Å². The summed E-state index contributed by atoms with van der Waals surface area (Å²) < 4.78 is 0. The van der Waals surface area contributed by atoms with Gasteiger partial charge >= 0.3 is 0 Å². The lowest BCUT2D eigenvalue weighted by molar-refractivity contribution is -0.384. The van der Waals surface area contributed by atoms with E-state index >= 15 is 0 Å². The van der Waals surface area contributed by atoms with Gasteiger partial charge in [-0.05, 0) is 11.1 Å². The number of amides is 1. The van der Waals surface area contributed by atoms with Crippen molar-refractivity contribution in [2.24, 2.45) is 0 Å². The first-order valence-corrected chi connectivity index (χ1v) is 9.59. The van der Waals surface area contributed by atoms with Crippen molar-refractivity contribution in [2.75, 3.05) is 0 Å². The van der Waals surface area contributed by atoms with Gasteiger partial charge in [0.1, 0.15) is 5.76 Å². The fraction of sp³-hybridized carbons (Fsp3) is 0.0833. The van der Waals surface area contributed by atoms with Crippen molar-refractivity contribution in [1.29, 1.82) is 0 Å². The molecule has 0 unspecified atom stereocenters. The van der Waals surface area contributed by atoms with Crippen molar-refractivity contribution in [3.63, 3.8) is 0 Å². The van der Waals surface area contributed by atoms with Crippen molar-refractivity contribution in [1.82, 2.24) is 4.90 Å². The summed E-state index contributed by atoms with van der Waals surface area (Å²) in [5, 5.41) is 22.3. The van der Waals surface area contributed by atoms with Gasteiger partial charge in [-0.25, -0.2) is 0 Å². The largest absolute Gasteiger partial charge is 0.507 e. The Labute approximate surface area is 178 Å². The van der Waals surface area contributed by atoms with Crippen LogP contribution in [-0.4, -0.2) is 26.6 Å². The number of nitro benzene ring substituents is 1. The molecule has 1 saturated heterocycles. The number of non-ortho nitro benzene ring substituents is 1. The highest BCUT2D eigenvalue weighted by atomic mass is 16.6. The van der Waals surface area contributed by atoms with E-state index in [1.165, 1.54) is 23.1 Å². The maximum absolute atomic E-state index is 13.0. The summed E-state index contributed by atoms with van der Waals surface area (Å²) in [6.07, 6.45) is 0. The zero-order valence-corrected chi connectivity index (χ0v) is 16.3. The number of carbonyl (C=O) groups is 2. The number of likely N-dealkylation sites (tertiary alicyclic amines) is 1. The van der Waals surface area contributed by atoms with Crippen LogP contribution in [0.2, 0.25) is 0 Å². The number of benzene rings is 3. The van der Waals surface area contributed by atoms with Crippen LogP contribution in [0.25, 0.3) is 5.76 Å². The van der Waals surface area contributed by atoms with Gasteiger partial charge in [-0.1, -0.05) is 72.8 Å². The third kappa shape index (κ3) is 3.81. The van der Waals surface area contributed by atoms with Gasteiger partial charge in [0.2, 0.25) is 0 Å². The average molecular weight is 414 g/mol. The Morgan fingerprint density at radius 1 is 0.935 bits per heavy atom. The Morgan fingerprint density at radius 2 is 1.58 bits per heavy atom. The second-order valence-corrected chi connectivity index (χ2v) is 7.13. The van der Waals surface area contributed by atoms with Gasteiger partial charge in [0, 0.05) is 24.2 Å². The molecule has 1 heterocycles. The molecule has 1 aliphatic rings. The normalized spacial score (nSPS) is 17.7. The number of nitrogens with zero attached hydrogens (tertiary/aromatic N) is 2. The van der Waals surface area contributed by atoms with Gasteiger partial charge in [0.25, 0.3) is 17.4 Å². The molecular weight excluding hydrogens is 396 g/mol. The van der Waals surface area contributed by atoms with E-state index in [2.05, 4.69) is 0 Å². The van der Waals surface area contributed by atoms with Crippen LogP contribution in [0.5, 0.6) is 0 Å². The standard InChI is InChI=1S/C24H18N2O5/c27-22(17-10-5-2-6-11-17)20-21(18-12-7-13-19(14-18)26(30)31)25(24(29)23(20)28)15-16-8-3-1-4-9-16/h1-14,21,27H,15H2/t21-/m1/s1. The van der Waals surface area contributed by atoms with Crippen LogP contribution in [0.4, 0.5) is 5.69 Å². The Hall–Kier alpha value is -4.26. The first kappa shape index (κ1) is 20.0. The van der Waals surface area contributed by atoms with E-state index in [-0.39, 0.29) is 23.6 Å². The second kappa shape index (κ2) is 8.23. The third-order valence-electron chi connectivity index (χ3n) is 5.18. The monoisotopic (exact) mass is 414 g/mol. The highest BCUT2D eigenvalue weighted by Crippen LogP contribution is 2.41. The lowest BCUT2D eigenvalue weighted by Crippen LogP contribution is -2.29. The summed E-state index contributed by atoms with van der Waals surface area (Å²) >= 11 is 0. The molecule has 1 N–H and O–H groups in total. The van der Waals surface area contributed by atoms with Crippen molar-refractivity contribution >= 4 is 23.1 Å². The van der Waals surface area contributed by atoms with Crippen molar-refractivity contribution in [3.05, 3.63) is 117 Å². The van der Waals surface area contributed by atoms with Crippen LogP contribution < -0.4 is 0 Å². The number of ketones is 1. The minimum atomic E-state index is -0.958. The van der Waals surface area contributed by atoms with Gasteiger partial charge in [0.05, 0.1) is 16.5 Å². The van der Waals surface area contributed by atoms with Gasteiger partial charge in [-0.3, -0.25) is 19.7 Å². The molecular formula is C24H18N2O5. The van der Waals surface area contributed by atoms with Crippen molar-refractivity contribution in [3.8, 4) is 0 Å². The molecule has 1 aliphatic heterocycles. The molecule has 0 aliphatic carbocycles. The number of rotatable bonds is 5. The van der Waals surface area contributed by atoms with Gasteiger partial charge in [-0.2, -0.15) is 0 Å². The van der Waals surface area contributed by atoms with Crippen LogP contribution in [0.1, 0.15) is 22.7 Å². The van der Waals surface area contributed by atoms with Gasteiger partial charge in [-0.15, -0.1) is 0 Å². The fourth-order valence-electron chi connectivity index (χ4n) is 3.73. The van der Waals surface area contributed by atoms with Gasteiger partial charge in [0.15, 0.2) is 0 Å². The zero-order valence-electron chi connectivity index (χ0n) is 16.3. The first-order chi connectivity index (χ1) is 15.0. The third-order valence-corrected chi connectivity index (χ3v) is 5.18. The topological polar surface area (TPSA) is 101 Å². The molecule has 7 heteroatoms. The predicted molar refractivity (Wildman–Crippen MR) is 114 cm³/mol. The van der Waals surface area contributed by atoms with Crippen molar-refractivity contribution < 1.29 is 19.6 Å². The van der Waals surface area contributed by atoms with Crippen LogP contribution in [0, 0.1) is 10.1 Å². The number of aliphatic hydroxyl groups is 1. The molecule has 1 fully saturated rings. The number of hydrogen-bond acceptors (Lipinski definition) is 5. The number of hydrogen-bond donors (Lipinski definition) is 1. The highest BCUT2D eigenvalue weighted by molar-refractivity contribution is 6.46. The van der Waals surface area contributed by atoms with E-state index in [0.717, 1.165) is 5.56 Å². The summed E-state index contributed by atoms with van der Waals surface area (Å²) in [5.41, 5.74) is 1.30. The summed E-state index contributed by atoms with van der Waals surface area (Å²) in [5.74, 6) is -1.90. The van der Waals surface area contributed by atoms with Crippen LogP contribution in [-0.2, 0) is 16.1 Å². The number of aliphatic hydroxyl groups excluding tert-OH is 1. The highest BCUT2D eigenvalue weighted by Gasteiger charge is 2.46. The zero-order chi connectivity index (χ0) is 22.0. The van der Waals surface area contributed by atoms with Crippen LogP contribution >= 0.6 is 0 Å². The molecule has 3 aromatic rings. The van der Waals surface area contributed by atoms with E-state index in [0.29, 0.717) is 11.1 Å². The summed E-state index contributed by atoms with van der Waals surface area (Å²) in [6.45, 7) is 0.115. The second-order valence-electron chi connectivity index (χ2n) is 7.13. The Kier molecular flexibility index (Phi) is 5.32. The molecule has 1 atom stereocenters. The number of Topliss-reactive ketones (excluding diaryl/α,β-unsaturated/α-hetero) is 1. The molecule has 31 heavy (non-hydrogen) atoms. The molecule has 0 aromatic heterocycles. The Bertz CT molecular complexity index is 1190. The van der Waals surface area contributed by atoms with Gasteiger partial charge < -0.3 is 10.0 Å². The van der Waals surface area contributed by atoms with Crippen LogP contribution in [0.3, 0.4) is 0 Å². The smallest absolute Gasteiger partial charge is 0.295 e. The molecule has 154 valence electrons. The molecule has 7 nitrogen and oxygen atoms in total. The minimum Gasteiger partial charge on any atom is -0.507 e. The van der Waals surface area contributed by atoms with E-state index in [9.17, 15) is 24.8 Å². The maximum atomic E-state index is 13.0. The Morgan fingerprint density at radius 3 is 2.23 bits per heavy atom. The Balaban J connectivity index is 1.89. The lowest BCUT2D eigenvalue weighted by atomic mass is 9.95. The molecule has 0 radical (unpaired) electrons. The molecule has 4 rings (SSSR count). The molecule has 0 saturated carbocycles. The molecule has 3 aromatic carbocycles. The molecule has 0 bridgehead atoms.